The number of carbonyl (C=O) groups is 1. The van der Waals surface area contributed by atoms with Crippen LogP contribution in [-0.4, -0.2) is 11.8 Å². The monoisotopic (exact) mass is 210 g/mol. The predicted molar refractivity (Wildman–Crippen MR) is 56.9 cm³/mol. The minimum Gasteiger partial charge on any atom is -0.490 e. The molecule has 0 amide bonds. The van der Waals surface area contributed by atoms with Gasteiger partial charge in [-0.1, -0.05) is 12.2 Å². The second kappa shape index (κ2) is 5.45. The molecule has 0 atom stereocenters. The summed E-state index contributed by atoms with van der Waals surface area (Å²) in [6, 6.07) is 6.72. The van der Waals surface area contributed by atoms with Crippen molar-refractivity contribution < 1.29 is 9.53 Å². The Morgan fingerprint density at radius 1 is 1.43 bits per heavy atom. The number of hydrogen-bond acceptors (Lipinski definition) is 2. The number of allylic oxidation sites excluding steroid dienone is 1. The van der Waals surface area contributed by atoms with Crippen molar-refractivity contribution in [3.8, 4) is 5.75 Å². The fourth-order valence-corrected chi connectivity index (χ4v) is 1.05. The summed E-state index contributed by atoms with van der Waals surface area (Å²) in [7, 11) is 0. The van der Waals surface area contributed by atoms with E-state index in [0.717, 1.165) is 5.75 Å². The zero-order valence-corrected chi connectivity index (χ0v) is 8.62. The molecule has 1 rings (SSSR count). The van der Waals surface area contributed by atoms with Gasteiger partial charge in [-0.3, -0.25) is 4.79 Å². The van der Waals surface area contributed by atoms with Crippen LogP contribution in [0.4, 0.5) is 0 Å². The highest BCUT2D eigenvalue weighted by Gasteiger charge is 2.00. The minimum absolute atomic E-state index is 0.454. The van der Waals surface area contributed by atoms with Gasteiger partial charge >= 0.3 is 0 Å². The number of rotatable bonds is 4. The Kier molecular flexibility index (Phi) is 4.20. The van der Waals surface area contributed by atoms with Crippen LogP contribution in [-0.2, 0) is 0 Å². The molecule has 0 aromatic heterocycles. The molecular formula is C11H11ClO2. The molecule has 0 bridgehead atoms. The third kappa shape index (κ3) is 3.23. The normalized spacial score (nSPS) is 10.4. The molecule has 0 heterocycles. The summed E-state index contributed by atoms with van der Waals surface area (Å²) in [5.41, 5.74) is 0.477. The Morgan fingerprint density at radius 2 is 2.07 bits per heavy atom. The molecule has 0 radical (unpaired) electrons. The van der Waals surface area contributed by atoms with Gasteiger partial charge in [-0.2, -0.15) is 0 Å². The quantitative estimate of drug-likeness (QED) is 0.564. The van der Waals surface area contributed by atoms with Crippen LogP contribution in [0.1, 0.15) is 17.3 Å². The highest BCUT2D eigenvalue weighted by atomic mass is 35.5. The lowest BCUT2D eigenvalue weighted by Crippen LogP contribution is -1.94. The first-order valence-corrected chi connectivity index (χ1v) is 4.65. The Balaban J connectivity index is 2.59. The van der Waals surface area contributed by atoms with Crippen LogP contribution in [0.3, 0.4) is 0 Å². The average Bonchev–Trinajstić information content (AvgIpc) is 2.19. The van der Waals surface area contributed by atoms with Gasteiger partial charge in [0.1, 0.15) is 12.4 Å². The summed E-state index contributed by atoms with van der Waals surface area (Å²) in [6.07, 6.45) is 3.82. The van der Waals surface area contributed by atoms with Gasteiger partial charge in [-0.15, -0.1) is 0 Å². The van der Waals surface area contributed by atoms with Gasteiger partial charge in [-0.25, -0.2) is 0 Å². The molecule has 1 aromatic carbocycles. The van der Waals surface area contributed by atoms with E-state index in [9.17, 15) is 4.79 Å². The van der Waals surface area contributed by atoms with Gasteiger partial charge in [-0.05, 0) is 42.8 Å². The first kappa shape index (κ1) is 10.8. The van der Waals surface area contributed by atoms with E-state index in [4.69, 9.17) is 16.3 Å². The first-order valence-electron chi connectivity index (χ1n) is 4.28. The largest absolute Gasteiger partial charge is 0.490 e. The number of ether oxygens (including phenoxy) is 1. The molecule has 0 spiro atoms. The third-order valence-electron chi connectivity index (χ3n) is 1.66. The Labute approximate surface area is 88.1 Å². The van der Waals surface area contributed by atoms with E-state index in [2.05, 4.69) is 0 Å². The molecule has 0 fully saturated rings. The highest BCUT2D eigenvalue weighted by Crippen LogP contribution is 2.13. The van der Waals surface area contributed by atoms with Gasteiger partial charge in [0.2, 0.25) is 0 Å². The molecule has 0 unspecified atom stereocenters. The van der Waals surface area contributed by atoms with Gasteiger partial charge < -0.3 is 4.74 Å². The molecule has 0 saturated heterocycles. The van der Waals surface area contributed by atoms with Crippen LogP contribution in [0.25, 0.3) is 0 Å². The maximum atomic E-state index is 10.7. The second-order valence-corrected chi connectivity index (χ2v) is 3.02. The summed E-state index contributed by atoms with van der Waals surface area (Å²) < 4.78 is 5.34. The minimum atomic E-state index is -0.454. The third-order valence-corrected chi connectivity index (χ3v) is 1.88. The summed E-state index contributed by atoms with van der Waals surface area (Å²) in [6.45, 7) is 2.46. The molecule has 1 aromatic rings. The van der Waals surface area contributed by atoms with Crippen molar-refractivity contribution in [1.82, 2.24) is 0 Å². The maximum Gasteiger partial charge on any atom is 0.252 e. The lowest BCUT2D eigenvalue weighted by Gasteiger charge is -2.02. The second-order valence-electron chi connectivity index (χ2n) is 2.68. The lowest BCUT2D eigenvalue weighted by atomic mass is 10.2. The van der Waals surface area contributed by atoms with Crippen LogP contribution in [0.2, 0.25) is 0 Å². The highest BCUT2D eigenvalue weighted by molar-refractivity contribution is 6.67. The molecule has 0 saturated carbocycles. The topological polar surface area (TPSA) is 26.3 Å². The van der Waals surface area contributed by atoms with Crippen LogP contribution in [0.15, 0.2) is 36.4 Å². The van der Waals surface area contributed by atoms with Crippen LogP contribution in [0.5, 0.6) is 5.75 Å². The van der Waals surface area contributed by atoms with Crippen LogP contribution >= 0.6 is 11.6 Å². The summed E-state index contributed by atoms with van der Waals surface area (Å²) in [4.78, 5) is 10.7. The van der Waals surface area contributed by atoms with Crippen molar-refractivity contribution >= 4 is 16.8 Å². The fraction of sp³-hybridized carbons (Fsp3) is 0.182. The molecule has 74 valence electrons. The fourth-order valence-electron chi connectivity index (χ4n) is 0.923. The Hall–Kier alpha value is -1.28. The summed E-state index contributed by atoms with van der Waals surface area (Å²) in [5, 5.41) is -0.454. The Bertz CT molecular complexity index is 328. The van der Waals surface area contributed by atoms with Gasteiger partial charge in [0.05, 0.1) is 0 Å². The lowest BCUT2D eigenvalue weighted by molar-refractivity contribution is 0.108. The molecule has 3 heteroatoms. The summed E-state index contributed by atoms with van der Waals surface area (Å²) in [5.74, 6) is 0.727. The molecule has 0 N–H and O–H groups in total. The molecule has 0 aliphatic heterocycles. The van der Waals surface area contributed by atoms with Crippen LogP contribution < -0.4 is 4.74 Å². The van der Waals surface area contributed by atoms with Crippen LogP contribution in [0, 0.1) is 0 Å². The van der Waals surface area contributed by atoms with Gasteiger partial charge in [0.15, 0.2) is 0 Å². The van der Waals surface area contributed by atoms with Gasteiger partial charge in [0, 0.05) is 5.56 Å². The Morgan fingerprint density at radius 3 is 2.57 bits per heavy atom. The van der Waals surface area contributed by atoms with Crippen molar-refractivity contribution in [3.63, 3.8) is 0 Å². The van der Waals surface area contributed by atoms with Gasteiger partial charge in [0.25, 0.3) is 5.24 Å². The average molecular weight is 211 g/mol. The molecule has 0 aliphatic rings. The molecule has 0 aliphatic carbocycles. The van der Waals surface area contributed by atoms with Crippen molar-refractivity contribution in [3.05, 3.63) is 42.0 Å². The standard InChI is InChI=1S/C11H11ClO2/c1-2-3-8-14-10-6-4-9(5-7-10)11(12)13/h2-7H,8H2,1H3. The SMILES string of the molecule is CC=CCOc1ccc(C(=O)Cl)cc1. The zero-order chi connectivity index (χ0) is 10.4. The number of carbonyl (C=O) groups excluding carboxylic acids is 1. The summed E-state index contributed by atoms with van der Waals surface area (Å²) >= 11 is 5.29. The van der Waals surface area contributed by atoms with E-state index >= 15 is 0 Å². The molecule has 14 heavy (non-hydrogen) atoms. The van der Waals surface area contributed by atoms with E-state index in [-0.39, 0.29) is 0 Å². The number of hydrogen-bond donors (Lipinski definition) is 0. The van der Waals surface area contributed by atoms with Crippen molar-refractivity contribution in [2.24, 2.45) is 0 Å². The molecular weight excluding hydrogens is 200 g/mol. The number of halogens is 1. The van der Waals surface area contributed by atoms with Crippen molar-refractivity contribution in [2.45, 2.75) is 6.92 Å². The van der Waals surface area contributed by atoms with E-state index in [1.807, 2.05) is 19.1 Å². The molecule has 2 nitrogen and oxygen atoms in total. The van der Waals surface area contributed by atoms with E-state index in [1.165, 1.54) is 0 Å². The predicted octanol–water partition coefficient (Wildman–Crippen LogP) is 3.02. The van der Waals surface area contributed by atoms with E-state index < -0.39 is 5.24 Å². The van der Waals surface area contributed by atoms with E-state index in [0.29, 0.717) is 12.2 Å². The van der Waals surface area contributed by atoms with Crippen molar-refractivity contribution in [1.29, 1.82) is 0 Å². The maximum absolute atomic E-state index is 10.7. The smallest absolute Gasteiger partial charge is 0.252 e. The van der Waals surface area contributed by atoms with Crippen molar-refractivity contribution in [2.75, 3.05) is 6.61 Å². The van der Waals surface area contributed by atoms with E-state index in [1.54, 1.807) is 24.3 Å². The first-order chi connectivity index (χ1) is 6.74. The number of benzene rings is 1. The zero-order valence-electron chi connectivity index (χ0n) is 7.87.